The van der Waals surface area contributed by atoms with Crippen LogP contribution < -0.4 is 0 Å². The zero-order valence-electron chi connectivity index (χ0n) is 12.5. The number of sulfone groups is 1. The molecule has 20 heavy (non-hydrogen) atoms. The van der Waals surface area contributed by atoms with E-state index in [4.69, 9.17) is 0 Å². The van der Waals surface area contributed by atoms with Crippen LogP contribution in [-0.4, -0.2) is 24.9 Å². The van der Waals surface area contributed by atoms with E-state index in [9.17, 15) is 13.5 Å². The van der Waals surface area contributed by atoms with Crippen LogP contribution >= 0.6 is 0 Å². The van der Waals surface area contributed by atoms with Crippen molar-refractivity contribution >= 4 is 9.84 Å². The lowest BCUT2D eigenvalue weighted by Crippen LogP contribution is -2.40. The Morgan fingerprint density at radius 2 is 1.95 bits per heavy atom. The van der Waals surface area contributed by atoms with E-state index in [1.54, 1.807) is 6.07 Å². The molecule has 0 saturated heterocycles. The van der Waals surface area contributed by atoms with Gasteiger partial charge in [0.25, 0.3) is 0 Å². The fraction of sp³-hybridized carbons (Fsp3) is 0.625. The molecule has 0 spiro atoms. The number of hydrogen-bond acceptors (Lipinski definition) is 3. The molecule has 0 aliphatic heterocycles. The van der Waals surface area contributed by atoms with Crippen LogP contribution in [0.2, 0.25) is 0 Å². The Hall–Kier alpha value is -0.870. The molecule has 1 N–H and O–H groups in total. The van der Waals surface area contributed by atoms with Gasteiger partial charge in [-0.3, -0.25) is 0 Å². The smallest absolute Gasteiger partial charge is 0.184 e. The van der Waals surface area contributed by atoms with E-state index in [2.05, 4.69) is 6.92 Å². The van der Waals surface area contributed by atoms with Crippen molar-refractivity contribution in [3.63, 3.8) is 0 Å². The molecule has 1 saturated carbocycles. The number of aliphatic hydroxyl groups is 1. The Balaban J connectivity index is 2.38. The Labute approximate surface area is 121 Å². The Bertz CT molecular complexity index is 577. The van der Waals surface area contributed by atoms with Gasteiger partial charge in [-0.05, 0) is 50.7 Å². The Kier molecular flexibility index (Phi) is 4.55. The van der Waals surface area contributed by atoms with Crippen molar-refractivity contribution in [2.75, 3.05) is 0 Å². The number of rotatable bonds is 3. The number of hydrogen-bond donors (Lipinski definition) is 1. The molecule has 3 nitrogen and oxygen atoms in total. The van der Waals surface area contributed by atoms with Crippen LogP contribution in [0.3, 0.4) is 0 Å². The number of benzene rings is 1. The van der Waals surface area contributed by atoms with Crippen molar-refractivity contribution in [2.45, 2.75) is 62.7 Å². The fourth-order valence-electron chi connectivity index (χ4n) is 3.18. The molecular formula is C16H24O3S. The summed E-state index contributed by atoms with van der Waals surface area (Å²) in [6, 6.07) is 5.40. The summed E-state index contributed by atoms with van der Waals surface area (Å²) in [6.45, 7) is 5.86. The molecule has 3 unspecified atom stereocenters. The fourth-order valence-corrected chi connectivity index (χ4v) is 5.35. The SMILES string of the molecule is CCC1CCC(O)C(S(=O)(=O)c2ccc(C)cc2C)C1. The van der Waals surface area contributed by atoms with Crippen molar-refractivity contribution in [2.24, 2.45) is 5.92 Å². The van der Waals surface area contributed by atoms with Crippen molar-refractivity contribution in [1.29, 1.82) is 0 Å². The normalized spacial score (nSPS) is 27.5. The lowest BCUT2D eigenvalue weighted by Gasteiger charge is -2.32. The molecule has 2 rings (SSSR count). The van der Waals surface area contributed by atoms with Gasteiger partial charge in [0.15, 0.2) is 9.84 Å². The zero-order chi connectivity index (χ0) is 14.9. The van der Waals surface area contributed by atoms with E-state index in [0.29, 0.717) is 23.7 Å². The molecule has 1 aromatic rings. The van der Waals surface area contributed by atoms with Crippen LogP contribution in [0.4, 0.5) is 0 Å². The standard InChI is InChI=1S/C16H24O3S/c1-4-13-6-7-14(17)16(10-13)20(18,19)15-8-5-11(2)9-12(15)3/h5,8-9,13-14,16-17H,4,6-7,10H2,1-3H3. The summed E-state index contributed by atoms with van der Waals surface area (Å²) in [5.74, 6) is 0.406. The molecule has 1 aliphatic carbocycles. The van der Waals surface area contributed by atoms with Gasteiger partial charge in [-0.2, -0.15) is 0 Å². The van der Waals surface area contributed by atoms with Gasteiger partial charge in [-0.15, -0.1) is 0 Å². The maximum absolute atomic E-state index is 12.8. The maximum atomic E-state index is 12.8. The highest BCUT2D eigenvalue weighted by Crippen LogP contribution is 2.34. The molecule has 0 aromatic heterocycles. The van der Waals surface area contributed by atoms with Crippen molar-refractivity contribution < 1.29 is 13.5 Å². The van der Waals surface area contributed by atoms with Crippen LogP contribution in [0.25, 0.3) is 0 Å². The largest absolute Gasteiger partial charge is 0.392 e. The molecule has 4 heteroatoms. The predicted octanol–water partition coefficient (Wildman–Crippen LogP) is 3.02. The second kappa shape index (κ2) is 5.86. The van der Waals surface area contributed by atoms with Gasteiger partial charge in [0.1, 0.15) is 0 Å². The van der Waals surface area contributed by atoms with Crippen LogP contribution in [-0.2, 0) is 9.84 Å². The molecule has 3 atom stereocenters. The topological polar surface area (TPSA) is 54.4 Å². The zero-order valence-corrected chi connectivity index (χ0v) is 13.3. The van der Waals surface area contributed by atoms with Crippen molar-refractivity contribution in [3.05, 3.63) is 29.3 Å². The summed E-state index contributed by atoms with van der Waals surface area (Å²) in [5.41, 5.74) is 1.83. The number of aryl methyl sites for hydroxylation is 2. The molecule has 1 aromatic carbocycles. The molecule has 0 amide bonds. The van der Waals surface area contributed by atoms with E-state index >= 15 is 0 Å². The first-order valence-electron chi connectivity index (χ1n) is 7.35. The van der Waals surface area contributed by atoms with Gasteiger partial charge in [0.2, 0.25) is 0 Å². The van der Waals surface area contributed by atoms with Crippen molar-refractivity contribution in [1.82, 2.24) is 0 Å². The summed E-state index contributed by atoms with van der Waals surface area (Å²) in [7, 11) is -3.45. The Morgan fingerprint density at radius 1 is 1.25 bits per heavy atom. The summed E-state index contributed by atoms with van der Waals surface area (Å²) in [4.78, 5) is 0.379. The molecule has 1 fully saturated rings. The van der Waals surface area contributed by atoms with Gasteiger partial charge >= 0.3 is 0 Å². The lowest BCUT2D eigenvalue weighted by molar-refractivity contribution is 0.111. The van der Waals surface area contributed by atoms with Crippen LogP contribution in [0.15, 0.2) is 23.1 Å². The molecule has 112 valence electrons. The van der Waals surface area contributed by atoms with Gasteiger partial charge in [-0.1, -0.05) is 31.0 Å². The Morgan fingerprint density at radius 3 is 2.55 bits per heavy atom. The van der Waals surface area contributed by atoms with Crippen LogP contribution in [0, 0.1) is 19.8 Å². The highest BCUT2D eigenvalue weighted by Gasteiger charge is 2.39. The molecule has 1 aliphatic rings. The van der Waals surface area contributed by atoms with Gasteiger partial charge in [-0.25, -0.2) is 8.42 Å². The number of aliphatic hydroxyl groups excluding tert-OH is 1. The lowest BCUT2D eigenvalue weighted by atomic mass is 9.85. The summed E-state index contributed by atoms with van der Waals surface area (Å²) in [5, 5.41) is 9.50. The molecule has 0 heterocycles. The van der Waals surface area contributed by atoms with Crippen molar-refractivity contribution in [3.8, 4) is 0 Å². The van der Waals surface area contributed by atoms with Gasteiger partial charge < -0.3 is 5.11 Å². The van der Waals surface area contributed by atoms with E-state index < -0.39 is 21.2 Å². The molecule has 0 bridgehead atoms. The first kappa shape index (κ1) is 15.5. The third kappa shape index (κ3) is 2.91. The first-order valence-corrected chi connectivity index (χ1v) is 8.90. The second-order valence-electron chi connectivity index (χ2n) is 6.01. The minimum atomic E-state index is -3.45. The maximum Gasteiger partial charge on any atom is 0.184 e. The van der Waals surface area contributed by atoms with E-state index in [-0.39, 0.29) is 0 Å². The second-order valence-corrected chi connectivity index (χ2v) is 8.14. The quantitative estimate of drug-likeness (QED) is 0.933. The predicted molar refractivity (Wildman–Crippen MR) is 80.5 cm³/mol. The highest BCUT2D eigenvalue weighted by atomic mass is 32.2. The third-order valence-corrected chi connectivity index (χ3v) is 6.85. The third-order valence-electron chi connectivity index (χ3n) is 4.48. The first-order chi connectivity index (χ1) is 9.36. The monoisotopic (exact) mass is 296 g/mol. The van der Waals surface area contributed by atoms with Gasteiger partial charge in [0.05, 0.1) is 16.2 Å². The minimum absolute atomic E-state index is 0.379. The van der Waals surface area contributed by atoms with E-state index in [0.717, 1.165) is 24.0 Å². The molecular weight excluding hydrogens is 272 g/mol. The highest BCUT2D eigenvalue weighted by molar-refractivity contribution is 7.92. The summed E-state index contributed by atoms with van der Waals surface area (Å²) >= 11 is 0. The van der Waals surface area contributed by atoms with Crippen LogP contribution in [0.1, 0.15) is 43.7 Å². The van der Waals surface area contributed by atoms with E-state index in [1.165, 1.54) is 0 Å². The average molecular weight is 296 g/mol. The minimum Gasteiger partial charge on any atom is -0.392 e. The molecule has 0 radical (unpaired) electrons. The van der Waals surface area contributed by atoms with E-state index in [1.807, 2.05) is 26.0 Å². The average Bonchev–Trinajstić information content (AvgIpc) is 2.38. The summed E-state index contributed by atoms with van der Waals surface area (Å²) in [6.07, 6.45) is 2.34. The van der Waals surface area contributed by atoms with Crippen LogP contribution in [0.5, 0.6) is 0 Å². The van der Waals surface area contributed by atoms with Gasteiger partial charge in [0, 0.05) is 0 Å². The summed E-state index contributed by atoms with van der Waals surface area (Å²) < 4.78 is 25.7.